The van der Waals surface area contributed by atoms with Crippen molar-refractivity contribution in [2.45, 2.75) is 12.6 Å². The van der Waals surface area contributed by atoms with E-state index < -0.39 is 11.7 Å². The highest BCUT2D eigenvalue weighted by Crippen LogP contribution is 2.31. The van der Waals surface area contributed by atoms with Gasteiger partial charge in [0.05, 0.1) is 22.7 Å². The lowest BCUT2D eigenvalue weighted by Gasteiger charge is -2.07. The fourth-order valence-electron chi connectivity index (χ4n) is 1.23. The first kappa shape index (κ1) is 13.0. The Labute approximate surface area is 109 Å². The van der Waals surface area contributed by atoms with Crippen LogP contribution in [0.1, 0.15) is 17.1 Å². The van der Waals surface area contributed by atoms with Gasteiger partial charge in [-0.3, -0.25) is 4.98 Å². The first-order valence-electron chi connectivity index (χ1n) is 4.62. The second-order valence-corrected chi connectivity index (χ2v) is 4.11. The largest absolute Gasteiger partial charge is 0.417 e. The van der Waals surface area contributed by atoms with Gasteiger partial charge in [0.2, 0.25) is 5.89 Å². The molecule has 2 heterocycles. The van der Waals surface area contributed by atoms with Crippen molar-refractivity contribution in [3.63, 3.8) is 0 Å². The summed E-state index contributed by atoms with van der Waals surface area (Å²) in [5.74, 6) is 0.203. The minimum Gasteiger partial charge on any atom is -0.414 e. The van der Waals surface area contributed by atoms with Crippen molar-refractivity contribution in [1.82, 2.24) is 15.2 Å². The first-order chi connectivity index (χ1) is 8.36. The van der Waals surface area contributed by atoms with E-state index in [1.165, 1.54) is 0 Å². The van der Waals surface area contributed by atoms with E-state index in [9.17, 15) is 13.2 Å². The van der Waals surface area contributed by atoms with Crippen LogP contribution < -0.4 is 0 Å². The number of aromatic nitrogens is 3. The predicted octanol–water partition coefficient (Wildman–Crippen LogP) is 3.39. The Morgan fingerprint density at radius 1 is 1.44 bits per heavy atom. The molecule has 0 spiro atoms. The van der Waals surface area contributed by atoms with E-state index in [1.54, 1.807) is 0 Å². The van der Waals surface area contributed by atoms with E-state index in [4.69, 9.17) is 16.0 Å². The molecule has 0 fully saturated rings. The van der Waals surface area contributed by atoms with E-state index in [0.717, 1.165) is 6.07 Å². The van der Waals surface area contributed by atoms with E-state index in [1.807, 2.05) is 0 Å². The van der Waals surface area contributed by atoms with Gasteiger partial charge >= 0.3 is 6.18 Å². The molecule has 0 radical (unpaired) electrons. The molecule has 2 aromatic heterocycles. The zero-order chi connectivity index (χ0) is 13.3. The van der Waals surface area contributed by atoms with Crippen LogP contribution in [-0.2, 0) is 12.6 Å². The molecule has 0 saturated heterocycles. The number of nitrogens with one attached hydrogen (secondary N) is 1. The Bertz CT molecular complexity index is 622. The number of aromatic amines is 1. The highest BCUT2D eigenvalue weighted by atomic mass is 35.5. The molecule has 96 valence electrons. The summed E-state index contributed by atoms with van der Waals surface area (Å²) in [6, 6.07) is 0.811. The van der Waals surface area contributed by atoms with Crippen molar-refractivity contribution in [3.05, 3.63) is 39.3 Å². The fraction of sp³-hybridized carbons (Fsp3) is 0.222. The SMILES string of the molecule is FC(F)(F)c1cnc(Cc2n[nH]c(=S)o2)c(Cl)c1. The van der Waals surface area contributed by atoms with E-state index in [-0.39, 0.29) is 27.9 Å². The second-order valence-electron chi connectivity index (χ2n) is 3.33. The van der Waals surface area contributed by atoms with Crippen LogP contribution in [0, 0.1) is 4.84 Å². The van der Waals surface area contributed by atoms with E-state index in [0.29, 0.717) is 6.20 Å². The quantitative estimate of drug-likeness (QED) is 0.863. The molecule has 0 atom stereocenters. The monoisotopic (exact) mass is 295 g/mol. The summed E-state index contributed by atoms with van der Waals surface area (Å²) >= 11 is 10.4. The highest BCUT2D eigenvalue weighted by Gasteiger charge is 2.31. The molecule has 0 aromatic carbocycles. The van der Waals surface area contributed by atoms with E-state index in [2.05, 4.69) is 27.4 Å². The maximum atomic E-state index is 12.4. The molecule has 0 aliphatic carbocycles. The third kappa shape index (κ3) is 2.88. The van der Waals surface area contributed by atoms with Gasteiger partial charge in [0.1, 0.15) is 0 Å². The van der Waals surface area contributed by atoms with Gasteiger partial charge in [-0.15, -0.1) is 5.10 Å². The van der Waals surface area contributed by atoms with Crippen molar-refractivity contribution in [2.75, 3.05) is 0 Å². The zero-order valence-electron chi connectivity index (χ0n) is 8.58. The van der Waals surface area contributed by atoms with Gasteiger partial charge in [-0.2, -0.15) is 13.2 Å². The van der Waals surface area contributed by atoms with Crippen LogP contribution in [0.5, 0.6) is 0 Å². The summed E-state index contributed by atoms with van der Waals surface area (Å²) in [4.78, 5) is 3.73. The standard InChI is InChI=1S/C9H5ClF3N3OS/c10-5-1-4(9(11,12)13)3-14-6(5)2-7-15-16-8(18)17-7/h1,3H,2H2,(H,16,18). The molecule has 2 rings (SSSR count). The maximum Gasteiger partial charge on any atom is 0.417 e. The molecule has 0 bridgehead atoms. The minimum atomic E-state index is -4.47. The third-order valence-electron chi connectivity index (χ3n) is 2.05. The van der Waals surface area contributed by atoms with Crippen molar-refractivity contribution in [1.29, 1.82) is 0 Å². The van der Waals surface area contributed by atoms with Crippen LogP contribution in [0.4, 0.5) is 13.2 Å². The van der Waals surface area contributed by atoms with Crippen LogP contribution in [0.15, 0.2) is 16.7 Å². The van der Waals surface area contributed by atoms with Gasteiger partial charge in [0, 0.05) is 6.20 Å². The Morgan fingerprint density at radius 3 is 2.67 bits per heavy atom. The molecule has 18 heavy (non-hydrogen) atoms. The highest BCUT2D eigenvalue weighted by molar-refractivity contribution is 7.71. The molecule has 0 amide bonds. The number of H-pyrrole nitrogens is 1. The van der Waals surface area contributed by atoms with Gasteiger partial charge in [0.15, 0.2) is 0 Å². The predicted molar refractivity (Wildman–Crippen MR) is 58.7 cm³/mol. The average molecular weight is 296 g/mol. The molecular formula is C9H5ClF3N3OS. The Balaban J connectivity index is 2.28. The molecular weight excluding hydrogens is 291 g/mol. The number of pyridine rings is 1. The molecule has 1 N–H and O–H groups in total. The molecule has 0 saturated carbocycles. The van der Waals surface area contributed by atoms with Gasteiger partial charge in [-0.1, -0.05) is 11.6 Å². The van der Waals surface area contributed by atoms with Crippen LogP contribution >= 0.6 is 23.8 Å². The van der Waals surface area contributed by atoms with E-state index >= 15 is 0 Å². The summed E-state index contributed by atoms with van der Waals surface area (Å²) in [5, 5.41) is 6.00. The third-order valence-corrected chi connectivity index (χ3v) is 2.55. The Hall–Kier alpha value is -1.41. The van der Waals surface area contributed by atoms with Crippen LogP contribution in [0.25, 0.3) is 0 Å². The molecule has 9 heteroatoms. The Morgan fingerprint density at radius 2 is 2.17 bits per heavy atom. The summed E-state index contributed by atoms with van der Waals surface area (Å²) < 4.78 is 42.1. The van der Waals surface area contributed by atoms with Gasteiger partial charge < -0.3 is 4.42 Å². The average Bonchev–Trinajstić information content (AvgIpc) is 2.65. The molecule has 0 unspecified atom stereocenters. The van der Waals surface area contributed by atoms with Crippen molar-refractivity contribution >= 4 is 23.8 Å². The van der Waals surface area contributed by atoms with Gasteiger partial charge in [-0.05, 0) is 18.3 Å². The van der Waals surface area contributed by atoms with Crippen molar-refractivity contribution < 1.29 is 17.6 Å². The number of hydrogen-bond acceptors (Lipinski definition) is 4. The van der Waals surface area contributed by atoms with Gasteiger partial charge in [-0.25, -0.2) is 5.10 Å². The zero-order valence-corrected chi connectivity index (χ0v) is 10.2. The second kappa shape index (κ2) is 4.69. The number of rotatable bonds is 2. The first-order valence-corrected chi connectivity index (χ1v) is 5.41. The smallest absolute Gasteiger partial charge is 0.414 e. The molecule has 0 aliphatic rings. The van der Waals surface area contributed by atoms with Gasteiger partial charge in [0.25, 0.3) is 4.84 Å². The number of nitrogens with zero attached hydrogens (tertiary/aromatic N) is 2. The van der Waals surface area contributed by atoms with Crippen LogP contribution in [-0.4, -0.2) is 15.2 Å². The van der Waals surface area contributed by atoms with Crippen LogP contribution in [0.2, 0.25) is 5.02 Å². The minimum absolute atomic E-state index is 0.0596. The Kier molecular flexibility index (Phi) is 3.40. The molecule has 2 aromatic rings. The molecule has 4 nitrogen and oxygen atoms in total. The number of halogens is 4. The van der Waals surface area contributed by atoms with Crippen molar-refractivity contribution in [3.8, 4) is 0 Å². The summed E-state index contributed by atoms with van der Waals surface area (Å²) in [5.41, 5.74) is -0.672. The lowest BCUT2D eigenvalue weighted by atomic mass is 10.2. The topological polar surface area (TPSA) is 54.7 Å². The molecule has 0 aliphatic heterocycles. The summed E-state index contributed by atoms with van der Waals surface area (Å²) in [6.45, 7) is 0. The summed E-state index contributed by atoms with van der Waals surface area (Å²) in [7, 11) is 0. The lowest BCUT2D eigenvalue weighted by molar-refractivity contribution is -0.137. The lowest BCUT2D eigenvalue weighted by Crippen LogP contribution is -2.07. The normalized spacial score (nSPS) is 11.8. The number of alkyl halides is 3. The number of hydrogen-bond donors (Lipinski definition) is 1. The fourth-order valence-corrected chi connectivity index (χ4v) is 1.61. The van der Waals surface area contributed by atoms with Crippen molar-refractivity contribution in [2.24, 2.45) is 0 Å². The summed E-state index contributed by atoms with van der Waals surface area (Å²) in [6.07, 6.45) is -3.70. The maximum absolute atomic E-state index is 12.4. The van der Waals surface area contributed by atoms with Crippen LogP contribution in [0.3, 0.4) is 0 Å².